The Bertz CT molecular complexity index is 700. The molecule has 0 spiro atoms. The summed E-state index contributed by atoms with van der Waals surface area (Å²) in [5, 5.41) is 5.57. The van der Waals surface area contributed by atoms with Crippen LogP contribution < -0.4 is 10.6 Å². The Balaban J connectivity index is 1.97. The predicted molar refractivity (Wildman–Crippen MR) is 103 cm³/mol. The Kier molecular flexibility index (Phi) is 7.27. The number of carbonyl (C=O) groups excluding carboxylic acids is 5. The van der Waals surface area contributed by atoms with E-state index in [1.165, 1.54) is 4.90 Å². The van der Waals surface area contributed by atoms with Crippen LogP contribution in [0.4, 0.5) is 9.59 Å². The van der Waals surface area contributed by atoms with E-state index >= 15 is 0 Å². The number of likely N-dealkylation sites (tertiary alicyclic amines) is 1. The molecule has 168 valence electrons. The second kappa shape index (κ2) is 9.31. The van der Waals surface area contributed by atoms with Gasteiger partial charge in [0.25, 0.3) is 11.8 Å². The molecule has 1 unspecified atom stereocenters. The van der Waals surface area contributed by atoms with Crippen LogP contribution in [0, 0.1) is 5.92 Å². The minimum Gasteiger partial charge on any atom is -0.444 e. The van der Waals surface area contributed by atoms with Crippen LogP contribution in [0.5, 0.6) is 0 Å². The zero-order valence-corrected chi connectivity index (χ0v) is 18.0. The lowest BCUT2D eigenvalue weighted by molar-refractivity contribution is -0.171. The molecule has 0 aromatic carbocycles. The van der Waals surface area contributed by atoms with Crippen LogP contribution in [-0.4, -0.2) is 64.2 Å². The summed E-state index contributed by atoms with van der Waals surface area (Å²) in [7, 11) is 0. The monoisotopic (exact) mass is 426 g/mol. The summed E-state index contributed by atoms with van der Waals surface area (Å²) in [6.45, 7) is 9.16. The zero-order chi connectivity index (χ0) is 22.6. The first kappa shape index (κ1) is 23.4. The van der Waals surface area contributed by atoms with Crippen molar-refractivity contribution in [3.05, 3.63) is 0 Å². The summed E-state index contributed by atoms with van der Waals surface area (Å²) in [5.41, 5.74) is -0.684. The SMILES string of the molecule is CC(C)[C@@H](NC(=O)ON1C(=O)CCC1=O)NC(=O)C1CCCN1C(=O)OC(C)(C)C. The second-order valence-electron chi connectivity index (χ2n) is 8.67. The van der Waals surface area contributed by atoms with Gasteiger partial charge in [-0.3, -0.25) is 24.6 Å². The Hall–Kier alpha value is -2.85. The lowest BCUT2D eigenvalue weighted by Gasteiger charge is -2.30. The Morgan fingerprint density at radius 1 is 1.07 bits per heavy atom. The molecule has 0 aromatic heterocycles. The first-order valence-corrected chi connectivity index (χ1v) is 10.0. The number of amides is 5. The number of imide groups is 1. The number of ether oxygens (including phenoxy) is 1. The van der Waals surface area contributed by atoms with Crippen molar-refractivity contribution in [2.75, 3.05) is 6.54 Å². The largest absolute Gasteiger partial charge is 0.444 e. The number of nitrogens with zero attached hydrogens (tertiary/aromatic N) is 2. The summed E-state index contributed by atoms with van der Waals surface area (Å²) in [5.74, 6) is -1.87. The quantitative estimate of drug-likeness (QED) is 0.499. The van der Waals surface area contributed by atoms with Crippen molar-refractivity contribution in [2.45, 2.75) is 78.1 Å². The van der Waals surface area contributed by atoms with E-state index in [4.69, 9.17) is 9.57 Å². The second-order valence-corrected chi connectivity index (χ2v) is 8.67. The standard InChI is InChI=1S/C19H30N4O7/c1-11(2)15(21-17(27)30-23-13(24)8-9-14(23)25)20-16(26)12-7-6-10-22(12)18(28)29-19(3,4)5/h11-12,15H,6-10H2,1-5H3,(H,20,26)(H,21,27)/t12?,15-/m1/s1. The van der Waals surface area contributed by atoms with Gasteiger partial charge in [-0.1, -0.05) is 13.8 Å². The van der Waals surface area contributed by atoms with E-state index < -0.39 is 47.7 Å². The van der Waals surface area contributed by atoms with Gasteiger partial charge in [-0.2, -0.15) is 0 Å². The number of hydrogen-bond donors (Lipinski definition) is 2. The molecule has 2 rings (SSSR count). The summed E-state index contributed by atoms with van der Waals surface area (Å²) in [6.07, 6.45) is -1.35. The normalized spacial score (nSPS) is 20.4. The van der Waals surface area contributed by atoms with Gasteiger partial charge in [0.05, 0.1) is 0 Å². The summed E-state index contributed by atoms with van der Waals surface area (Å²) in [6, 6.07) is -0.722. The highest BCUT2D eigenvalue weighted by atomic mass is 16.7. The molecule has 2 aliphatic rings. The minimum absolute atomic E-state index is 0.0152. The molecule has 11 nitrogen and oxygen atoms in total. The van der Waals surface area contributed by atoms with Crippen LogP contribution in [0.15, 0.2) is 0 Å². The van der Waals surface area contributed by atoms with E-state index in [9.17, 15) is 24.0 Å². The van der Waals surface area contributed by atoms with Gasteiger partial charge in [-0.25, -0.2) is 9.59 Å². The molecule has 0 aromatic rings. The number of carbonyl (C=O) groups is 5. The molecule has 2 atom stereocenters. The zero-order valence-electron chi connectivity index (χ0n) is 18.0. The van der Waals surface area contributed by atoms with Crippen LogP contribution in [0.1, 0.15) is 60.3 Å². The maximum absolute atomic E-state index is 12.8. The number of rotatable bonds is 5. The van der Waals surface area contributed by atoms with Crippen molar-refractivity contribution in [3.63, 3.8) is 0 Å². The molecule has 0 bridgehead atoms. The van der Waals surface area contributed by atoms with Gasteiger partial charge in [-0.05, 0) is 39.5 Å². The smallest absolute Gasteiger partial charge is 0.433 e. The van der Waals surface area contributed by atoms with E-state index in [-0.39, 0.29) is 18.8 Å². The topological polar surface area (TPSA) is 134 Å². The molecular weight excluding hydrogens is 396 g/mol. The number of hydroxylamine groups is 2. The van der Waals surface area contributed by atoms with Gasteiger partial charge in [0.2, 0.25) is 5.91 Å². The fraction of sp³-hybridized carbons (Fsp3) is 0.737. The molecule has 0 saturated carbocycles. The molecule has 11 heteroatoms. The molecule has 2 heterocycles. The van der Waals surface area contributed by atoms with Crippen molar-refractivity contribution < 1.29 is 33.5 Å². The molecule has 5 amide bonds. The van der Waals surface area contributed by atoms with Crippen LogP contribution in [0.2, 0.25) is 0 Å². The van der Waals surface area contributed by atoms with Crippen LogP contribution in [0.25, 0.3) is 0 Å². The Morgan fingerprint density at radius 3 is 2.20 bits per heavy atom. The lowest BCUT2D eigenvalue weighted by Crippen LogP contribution is -2.56. The molecular formula is C19H30N4O7. The number of hydrogen-bond acceptors (Lipinski definition) is 7. The van der Waals surface area contributed by atoms with Crippen molar-refractivity contribution in [3.8, 4) is 0 Å². The first-order valence-electron chi connectivity index (χ1n) is 10.0. The van der Waals surface area contributed by atoms with Crippen molar-refractivity contribution >= 4 is 29.9 Å². The maximum atomic E-state index is 12.8. The van der Waals surface area contributed by atoms with Crippen LogP contribution >= 0.6 is 0 Å². The van der Waals surface area contributed by atoms with Crippen molar-refractivity contribution in [1.29, 1.82) is 0 Å². The molecule has 0 radical (unpaired) electrons. The molecule has 30 heavy (non-hydrogen) atoms. The van der Waals surface area contributed by atoms with E-state index in [0.29, 0.717) is 24.4 Å². The van der Waals surface area contributed by atoms with Crippen molar-refractivity contribution in [1.82, 2.24) is 20.6 Å². The van der Waals surface area contributed by atoms with Gasteiger partial charge >= 0.3 is 12.2 Å². The molecule has 2 N–H and O–H groups in total. The lowest BCUT2D eigenvalue weighted by atomic mass is 10.1. The van der Waals surface area contributed by atoms with Crippen LogP contribution in [0.3, 0.4) is 0 Å². The van der Waals surface area contributed by atoms with E-state index in [1.54, 1.807) is 34.6 Å². The highest BCUT2D eigenvalue weighted by molar-refractivity contribution is 6.01. The van der Waals surface area contributed by atoms with Gasteiger partial charge < -0.3 is 14.9 Å². The minimum atomic E-state index is -1.03. The third-order valence-corrected chi connectivity index (χ3v) is 4.60. The third-order valence-electron chi connectivity index (χ3n) is 4.60. The van der Waals surface area contributed by atoms with Gasteiger partial charge in [0.1, 0.15) is 17.8 Å². The van der Waals surface area contributed by atoms with Gasteiger partial charge in [0.15, 0.2) is 0 Å². The summed E-state index contributed by atoms with van der Waals surface area (Å²) >= 11 is 0. The first-order chi connectivity index (χ1) is 13.9. The molecule has 2 aliphatic heterocycles. The molecule has 0 aliphatic carbocycles. The van der Waals surface area contributed by atoms with Gasteiger partial charge in [0, 0.05) is 19.4 Å². The maximum Gasteiger partial charge on any atom is 0.433 e. The predicted octanol–water partition coefficient (Wildman–Crippen LogP) is 1.27. The highest BCUT2D eigenvalue weighted by Gasteiger charge is 2.38. The molecule has 2 fully saturated rings. The average molecular weight is 426 g/mol. The van der Waals surface area contributed by atoms with Crippen LogP contribution in [-0.2, 0) is 24.0 Å². The fourth-order valence-electron chi connectivity index (χ4n) is 3.09. The van der Waals surface area contributed by atoms with E-state index in [0.717, 1.165) is 0 Å². The average Bonchev–Trinajstić information content (AvgIpc) is 3.22. The summed E-state index contributed by atoms with van der Waals surface area (Å²) in [4.78, 5) is 66.6. The highest BCUT2D eigenvalue weighted by Crippen LogP contribution is 2.21. The Labute approximate surface area is 175 Å². The van der Waals surface area contributed by atoms with Crippen molar-refractivity contribution in [2.24, 2.45) is 5.92 Å². The summed E-state index contributed by atoms with van der Waals surface area (Å²) < 4.78 is 5.36. The van der Waals surface area contributed by atoms with Gasteiger partial charge in [-0.15, -0.1) is 5.06 Å². The third kappa shape index (κ3) is 6.07. The van der Waals surface area contributed by atoms with E-state index in [2.05, 4.69) is 10.6 Å². The fourth-order valence-corrected chi connectivity index (χ4v) is 3.09. The Morgan fingerprint density at radius 2 is 1.67 bits per heavy atom. The molecule has 2 saturated heterocycles. The number of nitrogens with one attached hydrogen (secondary N) is 2. The van der Waals surface area contributed by atoms with E-state index in [1.807, 2.05) is 0 Å².